The van der Waals surface area contributed by atoms with Crippen LogP contribution in [0.2, 0.25) is 0 Å². The van der Waals surface area contributed by atoms with Gasteiger partial charge in [-0.05, 0) is 20.8 Å². The molecule has 0 radical (unpaired) electrons. The molecule has 2 heterocycles. The fraction of sp³-hybridized carbons (Fsp3) is 0.462. The van der Waals surface area contributed by atoms with Gasteiger partial charge in [0.2, 0.25) is 0 Å². The van der Waals surface area contributed by atoms with E-state index in [1.807, 2.05) is 13.8 Å². The van der Waals surface area contributed by atoms with Crippen molar-refractivity contribution in [2.24, 2.45) is 0 Å². The summed E-state index contributed by atoms with van der Waals surface area (Å²) in [5.74, 6) is -0.127. The predicted octanol–water partition coefficient (Wildman–Crippen LogP) is 1.99. The van der Waals surface area contributed by atoms with Crippen LogP contribution in [0.3, 0.4) is 0 Å². The minimum Gasteiger partial charge on any atom is -0.463 e. The first-order chi connectivity index (χ1) is 8.49. The van der Waals surface area contributed by atoms with Gasteiger partial charge in [0.25, 0.3) is 5.91 Å². The molecule has 0 spiro atoms. The number of rotatable bonds is 4. The highest BCUT2D eigenvalue weighted by molar-refractivity contribution is 5.97. The van der Waals surface area contributed by atoms with Gasteiger partial charge in [0, 0.05) is 24.7 Å². The summed E-state index contributed by atoms with van der Waals surface area (Å²) >= 11 is 0. The lowest BCUT2D eigenvalue weighted by molar-refractivity contribution is 0.0574. The number of carbonyl (C=O) groups is 1. The van der Waals surface area contributed by atoms with Crippen molar-refractivity contribution in [3.05, 3.63) is 24.1 Å². The Morgan fingerprint density at radius 2 is 2.22 bits per heavy atom. The summed E-state index contributed by atoms with van der Waals surface area (Å²) in [6.45, 7) is 5.83. The number of aliphatic hydroxyl groups excluding tert-OH is 1. The van der Waals surface area contributed by atoms with E-state index in [1.165, 1.54) is 0 Å². The van der Waals surface area contributed by atoms with Crippen molar-refractivity contribution in [1.29, 1.82) is 0 Å². The molecule has 0 fully saturated rings. The first-order valence-electron chi connectivity index (χ1n) is 6.04. The molecule has 0 aliphatic carbocycles. The number of H-pyrrole nitrogens is 1. The predicted molar refractivity (Wildman–Crippen MR) is 68.4 cm³/mol. The van der Waals surface area contributed by atoms with Crippen LogP contribution in [0.15, 0.2) is 22.8 Å². The number of furan rings is 1. The number of aromatic amines is 1. The second-order valence-electron chi connectivity index (χ2n) is 4.78. The first-order valence-corrected chi connectivity index (χ1v) is 6.04. The van der Waals surface area contributed by atoms with Crippen molar-refractivity contribution in [3.8, 4) is 0 Å². The minimum atomic E-state index is -0.547. The zero-order chi connectivity index (χ0) is 13.3. The van der Waals surface area contributed by atoms with Crippen molar-refractivity contribution in [2.75, 3.05) is 6.54 Å². The molecular weight excluding hydrogens is 232 g/mol. The third-order valence-electron chi connectivity index (χ3n) is 2.82. The smallest absolute Gasteiger partial charge is 0.270 e. The fourth-order valence-electron chi connectivity index (χ4n) is 1.93. The third kappa shape index (κ3) is 2.41. The standard InChI is InChI=1S/C13H18N2O3/c1-8(2)15(7-9(3)16)13(17)11-6-12-10(14-11)4-5-18-12/h4-6,8-9,14,16H,7H2,1-3H3. The summed E-state index contributed by atoms with van der Waals surface area (Å²) < 4.78 is 5.22. The number of aliphatic hydroxyl groups is 1. The number of carbonyl (C=O) groups excluding carboxylic acids is 1. The second kappa shape index (κ2) is 4.86. The lowest BCUT2D eigenvalue weighted by Crippen LogP contribution is -2.41. The zero-order valence-corrected chi connectivity index (χ0v) is 10.8. The fourth-order valence-corrected chi connectivity index (χ4v) is 1.93. The molecule has 2 N–H and O–H groups in total. The summed E-state index contributed by atoms with van der Waals surface area (Å²) in [6.07, 6.45) is 1.03. The molecule has 5 heteroatoms. The van der Waals surface area contributed by atoms with E-state index in [2.05, 4.69) is 4.98 Å². The number of nitrogens with zero attached hydrogens (tertiary/aromatic N) is 1. The van der Waals surface area contributed by atoms with E-state index in [9.17, 15) is 9.90 Å². The number of hydrogen-bond donors (Lipinski definition) is 2. The Hall–Kier alpha value is -1.75. The van der Waals surface area contributed by atoms with Gasteiger partial charge in [-0.1, -0.05) is 0 Å². The van der Waals surface area contributed by atoms with Gasteiger partial charge in [-0.3, -0.25) is 4.79 Å². The largest absolute Gasteiger partial charge is 0.463 e. The second-order valence-corrected chi connectivity index (χ2v) is 4.78. The number of nitrogens with one attached hydrogen (secondary N) is 1. The molecule has 0 saturated heterocycles. The molecular formula is C13H18N2O3. The highest BCUT2D eigenvalue weighted by Gasteiger charge is 2.22. The summed E-state index contributed by atoms with van der Waals surface area (Å²) in [6, 6.07) is 3.50. The van der Waals surface area contributed by atoms with E-state index < -0.39 is 6.10 Å². The van der Waals surface area contributed by atoms with Crippen molar-refractivity contribution in [3.63, 3.8) is 0 Å². The van der Waals surface area contributed by atoms with Crippen molar-refractivity contribution < 1.29 is 14.3 Å². The van der Waals surface area contributed by atoms with E-state index in [1.54, 1.807) is 30.2 Å². The molecule has 5 nitrogen and oxygen atoms in total. The van der Waals surface area contributed by atoms with Crippen LogP contribution in [0.25, 0.3) is 11.1 Å². The monoisotopic (exact) mass is 250 g/mol. The Labute approximate surface area is 105 Å². The zero-order valence-electron chi connectivity index (χ0n) is 10.8. The molecule has 0 aromatic carbocycles. The Balaban J connectivity index is 2.25. The van der Waals surface area contributed by atoms with Gasteiger partial charge < -0.3 is 19.4 Å². The van der Waals surface area contributed by atoms with Gasteiger partial charge in [0.05, 0.1) is 17.9 Å². The summed E-state index contributed by atoms with van der Waals surface area (Å²) in [5.41, 5.74) is 1.96. The van der Waals surface area contributed by atoms with Crippen molar-refractivity contribution >= 4 is 17.0 Å². The maximum absolute atomic E-state index is 12.3. The lowest BCUT2D eigenvalue weighted by atomic mass is 10.2. The van der Waals surface area contributed by atoms with Crippen LogP contribution >= 0.6 is 0 Å². The van der Waals surface area contributed by atoms with E-state index in [4.69, 9.17) is 4.42 Å². The highest BCUT2D eigenvalue weighted by Crippen LogP contribution is 2.18. The highest BCUT2D eigenvalue weighted by atomic mass is 16.3. The SMILES string of the molecule is CC(O)CN(C(=O)c1cc2occc2[nH]1)C(C)C. The van der Waals surface area contributed by atoms with E-state index in [0.29, 0.717) is 17.8 Å². The molecule has 1 unspecified atom stereocenters. The summed E-state index contributed by atoms with van der Waals surface area (Å²) in [5, 5.41) is 9.44. The van der Waals surface area contributed by atoms with Crippen LogP contribution in [0.4, 0.5) is 0 Å². The number of hydrogen-bond acceptors (Lipinski definition) is 3. The average Bonchev–Trinajstić information content (AvgIpc) is 2.83. The van der Waals surface area contributed by atoms with Gasteiger partial charge in [-0.2, -0.15) is 0 Å². The van der Waals surface area contributed by atoms with Gasteiger partial charge in [0.1, 0.15) is 5.69 Å². The van der Waals surface area contributed by atoms with Crippen LogP contribution < -0.4 is 0 Å². The first kappa shape index (κ1) is 12.7. The van der Waals surface area contributed by atoms with Gasteiger partial charge in [-0.15, -0.1) is 0 Å². The Kier molecular flexibility index (Phi) is 3.43. The average molecular weight is 250 g/mol. The van der Waals surface area contributed by atoms with Crippen LogP contribution in [0.1, 0.15) is 31.3 Å². The third-order valence-corrected chi connectivity index (χ3v) is 2.82. The van der Waals surface area contributed by atoms with E-state index in [-0.39, 0.29) is 11.9 Å². The number of aromatic nitrogens is 1. The molecule has 1 atom stereocenters. The Bertz CT molecular complexity index is 511. The quantitative estimate of drug-likeness (QED) is 0.871. The molecule has 0 aliphatic rings. The lowest BCUT2D eigenvalue weighted by Gasteiger charge is -2.27. The van der Waals surface area contributed by atoms with E-state index in [0.717, 1.165) is 5.52 Å². The minimum absolute atomic E-state index is 0.0294. The maximum atomic E-state index is 12.3. The maximum Gasteiger partial charge on any atom is 0.270 e. The molecule has 0 bridgehead atoms. The molecule has 2 rings (SSSR count). The molecule has 2 aromatic heterocycles. The Morgan fingerprint density at radius 3 is 2.78 bits per heavy atom. The molecule has 0 aliphatic heterocycles. The normalized spacial score (nSPS) is 13.2. The van der Waals surface area contributed by atoms with Crippen molar-refractivity contribution in [2.45, 2.75) is 32.9 Å². The number of fused-ring (bicyclic) bond motifs is 1. The van der Waals surface area contributed by atoms with Crippen molar-refractivity contribution in [1.82, 2.24) is 9.88 Å². The van der Waals surface area contributed by atoms with Crippen LogP contribution in [-0.4, -0.2) is 39.6 Å². The van der Waals surface area contributed by atoms with Crippen LogP contribution in [-0.2, 0) is 0 Å². The summed E-state index contributed by atoms with van der Waals surface area (Å²) in [7, 11) is 0. The Morgan fingerprint density at radius 1 is 1.50 bits per heavy atom. The molecule has 2 aromatic rings. The van der Waals surface area contributed by atoms with Gasteiger partial charge >= 0.3 is 0 Å². The van der Waals surface area contributed by atoms with Gasteiger partial charge in [-0.25, -0.2) is 0 Å². The topological polar surface area (TPSA) is 69.5 Å². The molecule has 98 valence electrons. The summed E-state index contributed by atoms with van der Waals surface area (Å²) in [4.78, 5) is 17.0. The van der Waals surface area contributed by atoms with Gasteiger partial charge in [0.15, 0.2) is 5.58 Å². The molecule has 18 heavy (non-hydrogen) atoms. The van der Waals surface area contributed by atoms with E-state index >= 15 is 0 Å². The van der Waals surface area contributed by atoms with Crippen LogP contribution in [0.5, 0.6) is 0 Å². The van der Waals surface area contributed by atoms with Crippen LogP contribution in [0, 0.1) is 0 Å². The molecule has 0 saturated carbocycles. The molecule has 1 amide bonds. The number of amides is 1.